The fraction of sp³-hybridized carbons (Fsp3) is 0.500. The van der Waals surface area contributed by atoms with E-state index in [1.807, 2.05) is 24.9 Å². The van der Waals surface area contributed by atoms with Crippen molar-refractivity contribution in [1.82, 2.24) is 9.97 Å². The van der Waals surface area contributed by atoms with Gasteiger partial charge < -0.3 is 25.0 Å². The first-order valence-electron chi connectivity index (χ1n) is 9.55. The number of nitrogens with zero attached hydrogens (tertiary/aromatic N) is 3. The minimum atomic E-state index is -4.41. The fourth-order valence-corrected chi connectivity index (χ4v) is 3.31. The molecule has 0 aliphatic carbocycles. The highest BCUT2D eigenvalue weighted by Gasteiger charge is 2.36. The first-order valence-corrected chi connectivity index (χ1v) is 9.55. The number of carbonyl (C=O) groups excluding carboxylic acids is 1. The Labute approximate surface area is 192 Å². The van der Waals surface area contributed by atoms with Gasteiger partial charge in [-0.3, -0.25) is 4.79 Å². The van der Waals surface area contributed by atoms with E-state index in [9.17, 15) is 18.0 Å². The van der Waals surface area contributed by atoms with Crippen molar-refractivity contribution < 1.29 is 27.4 Å². The second-order valence-electron chi connectivity index (χ2n) is 7.23. The van der Waals surface area contributed by atoms with Gasteiger partial charge in [-0.2, -0.15) is 13.2 Å². The first-order chi connectivity index (χ1) is 14.6. The second kappa shape index (κ2) is 11.2. The normalized spacial score (nSPS) is 16.0. The third-order valence-corrected chi connectivity index (χ3v) is 4.96. The second-order valence-corrected chi connectivity index (χ2v) is 7.23. The Morgan fingerprint density at radius 2 is 2.00 bits per heavy atom. The van der Waals surface area contributed by atoms with Gasteiger partial charge in [0.15, 0.2) is 6.61 Å². The average Bonchev–Trinajstić information content (AvgIpc) is 2.71. The third kappa shape index (κ3) is 6.70. The molecule has 2 aromatic rings. The number of likely N-dealkylation sites (N-methyl/N-ethyl adjacent to an activating group) is 1. The van der Waals surface area contributed by atoms with Crippen LogP contribution in [0.2, 0.25) is 0 Å². The number of ether oxygens (including phenoxy) is 2. The Kier molecular flexibility index (Phi) is 9.46. The van der Waals surface area contributed by atoms with Crippen LogP contribution in [0.4, 0.5) is 30.4 Å². The highest BCUT2D eigenvalue weighted by atomic mass is 19.4. The predicted octanol–water partition coefficient (Wildman–Crippen LogP) is 4.40. The van der Waals surface area contributed by atoms with E-state index in [0.29, 0.717) is 23.7 Å². The van der Waals surface area contributed by atoms with E-state index in [2.05, 4.69) is 25.3 Å². The molecule has 0 bridgehead atoms. The van der Waals surface area contributed by atoms with Gasteiger partial charge in [0, 0.05) is 39.0 Å². The molecule has 8 nitrogen and oxygen atoms in total. The van der Waals surface area contributed by atoms with Gasteiger partial charge in [-0.1, -0.05) is 20.9 Å². The molecule has 3 heterocycles. The summed E-state index contributed by atoms with van der Waals surface area (Å²) >= 11 is 0. The van der Waals surface area contributed by atoms with Crippen molar-refractivity contribution in [3.05, 3.63) is 35.7 Å². The van der Waals surface area contributed by atoms with Crippen LogP contribution in [0.3, 0.4) is 0 Å². The lowest BCUT2D eigenvalue weighted by molar-refractivity contribution is -0.154. The number of carbonyl (C=O) groups is 1. The van der Waals surface area contributed by atoms with Crippen molar-refractivity contribution in [1.29, 1.82) is 0 Å². The highest BCUT2D eigenvalue weighted by Crippen LogP contribution is 2.36. The molecule has 1 aliphatic rings. The number of anilines is 3. The van der Waals surface area contributed by atoms with E-state index in [1.165, 1.54) is 12.3 Å². The summed E-state index contributed by atoms with van der Waals surface area (Å²) in [6.07, 6.45) is -3.29. The lowest BCUT2D eigenvalue weighted by atomic mass is 10.0. The minimum Gasteiger partial charge on any atom is -0.468 e. The molecule has 0 spiro atoms. The standard InChI is InChI=1S/C20H24F3N5O3.2CH4/c1-11-17-14(28(3)18(12(2)30-4)19(29)27-17)7-15(26-11)24-8-13-5-6-16(25-9-13)31-10-20(21,22)23;;/h5-7,9,12,18H,8,10H2,1-4H3,(H,24,26)(H,27,29);2*1H4/t12-,18+;;/m1../s1. The van der Waals surface area contributed by atoms with E-state index < -0.39 is 18.8 Å². The Morgan fingerprint density at radius 1 is 1.30 bits per heavy atom. The molecule has 1 amide bonds. The SMILES string of the molecule is C.C.CO[C@H](C)[C@H]1C(=O)Nc2c(cc(NCc3ccc(OCC(F)(F)F)nc3)nc2C)N1C. The molecule has 1 aliphatic heterocycles. The van der Waals surface area contributed by atoms with Crippen LogP contribution >= 0.6 is 0 Å². The molecule has 2 aromatic heterocycles. The zero-order chi connectivity index (χ0) is 22.8. The number of methoxy groups -OCH3 is 1. The Balaban J connectivity index is 0.00000272. The summed E-state index contributed by atoms with van der Waals surface area (Å²) in [7, 11) is 3.38. The Bertz CT molecular complexity index is 938. The zero-order valence-corrected chi connectivity index (χ0v) is 17.6. The van der Waals surface area contributed by atoms with E-state index in [-0.39, 0.29) is 32.7 Å². The van der Waals surface area contributed by atoms with Crippen LogP contribution < -0.4 is 20.3 Å². The summed E-state index contributed by atoms with van der Waals surface area (Å²) < 4.78 is 46.6. The maximum Gasteiger partial charge on any atom is 0.422 e. The molecule has 184 valence electrons. The van der Waals surface area contributed by atoms with Gasteiger partial charge in [0.2, 0.25) is 11.8 Å². The van der Waals surface area contributed by atoms with Crippen molar-refractivity contribution in [2.45, 2.75) is 53.6 Å². The summed E-state index contributed by atoms with van der Waals surface area (Å²) in [6, 6.07) is 4.35. The maximum absolute atomic E-state index is 12.5. The predicted molar refractivity (Wildman–Crippen MR) is 123 cm³/mol. The molecule has 33 heavy (non-hydrogen) atoms. The largest absolute Gasteiger partial charge is 0.468 e. The Morgan fingerprint density at radius 3 is 2.58 bits per heavy atom. The van der Waals surface area contributed by atoms with Crippen LogP contribution in [0, 0.1) is 6.92 Å². The lowest BCUT2D eigenvalue weighted by Gasteiger charge is -2.38. The Hall–Kier alpha value is -3.08. The number of pyridine rings is 2. The number of aryl methyl sites for hydroxylation is 1. The van der Waals surface area contributed by atoms with Crippen molar-refractivity contribution in [2.75, 3.05) is 36.3 Å². The molecule has 2 N–H and O–H groups in total. The topological polar surface area (TPSA) is 88.6 Å². The third-order valence-electron chi connectivity index (χ3n) is 4.96. The number of alkyl halides is 3. The van der Waals surface area contributed by atoms with Crippen LogP contribution in [0.1, 0.15) is 33.0 Å². The maximum atomic E-state index is 12.5. The summed E-state index contributed by atoms with van der Waals surface area (Å²) in [5.41, 5.74) is 2.84. The van der Waals surface area contributed by atoms with Gasteiger partial charge in [0.1, 0.15) is 11.9 Å². The van der Waals surface area contributed by atoms with Crippen LogP contribution in [0.5, 0.6) is 5.88 Å². The van der Waals surface area contributed by atoms with Gasteiger partial charge >= 0.3 is 6.18 Å². The molecule has 3 rings (SSSR count). The van der Waals surface area contributed by atoms with Crippen molar-refractivity contribution in [3.8, 4) is 5.88 Å². The number of amides is 1. The summed E-state index contributed by atoms with van der Waals surface area (Å²) in [4.78, 5) is 22.7. The number of aromatic nitrogens is 2. The molecule has 0 radical (unpaired) electrons. The fourth-order valence-electron chi connectivity index (χ4n) is 3.31. The highest BCUT2D eigenvalue weighted by molar-refractivity contribution is 6.04. The monoisotopic (exact) mass is 471 g/mol. The first kappa shape index (κ1) is 28.0. The molecular formula is C22H32F3N5O3. The minimum absolute atomic E-state index is 0. The number of hydrogen-bond donors (Lipinski definition) is 2. The number of halogens is 3. The molecule has 0 saturated carbocycles. The molecule has 0 fully saturated rings. The summed E-state index contributed by atoms with van der Waals surface area (Å²) in [5.74, 6) is 0.328. The van der Waals surface area contributed by atoms with Gasteiger partial charge in [-0.15, -0.1) is 0 Å². The number of hydrogen-bond acceptors (Lipinski definition) is 7. The number of nitrogens with one attached hydrogen (secondary N) is 2. The molecule has 0 unspecified atom stereocenters. The molecule has 0 aromatic carbocycles. The van der Waals surface area contributed by atoms with Crippen molar-refractivity contribution in [2.24, 2.45) is 0 Å². The molecule has 2 atom stereocenters. The van der Waals surface area contributed by atoms with Gasteiger partial charge in [-0.05, 0) is 19.4 Å². The van der Waals surface area contributed by atoms with Gasteiger partial charge in [0.05, 0.1) is 23.2 Å². The van der Waals surface area contributed by atoms with Crippen LogP contribution in [0.25, 0.3) is 0 Å². The van der Waals surface area contributed by atoms with Crippen LogP contribution in [-0.2, 0) is 16.1 Å². The van der Waals surface area contributed by atoms with Crippen LogP contribution in [-0.4, -0.2) is 55.0 Å². The van der Waals surface area contributed by atoms with Gasteiger partial charge in [-0.25, -0.2) is 9.97 Å². The van der Waals surface area contributed by atoms with E-state index in [1.54, 1.807) is 20.1 Å². The van der Waals surface area contributed by atoms with Crippen molar-refractivity contribution >= 4 is 23.1 Å². The van der Waals surface area contributed by atoms with Crippen LogP contribution in [0.15, 0.2) is 24.4 Å². The van der Waals surface area contributed by atoms with E-state index in [4.69, 9.17) is 4.74 Å². The molecular weight excluding hydrogens is 439 g/mol. The zero-order valence-electron chi connectivity index (χ0n) is 17.6. The van der Waals surface area contributed by atoms with Gasteiger partial charge in [0.25, 0.3) is 0 Å². The van der Waals surface area contributed by atoms with Crippen molar-refractivity contribution in [3.63, 3.8) is 0 Å². The van der Waals surface area contributed by atoms with E-state index in [0.717, 1.165) is 11.3 Å². The smallest absolute Gasteiger partial charge is 0.422 e. The number of rotatable bonds is 7. The quantitative estimate of drug-likeness (QED) is 0.619. The van der Waals surface area contributed by atoms with E-state index >= 15 is 0 Å². The number of fused-ring (bicyclic) bond motifs is 1. The summed E-state index contributed by atoms with van der Waals surface area (Å²) in [6.45, 7) is 2.59. The summed E-state index contributed by atoms with van der Waals surface area (Å²) in [5, 5.41) is 6.07. The molecule has 0 saturated heterocycles. The molecule has 11 heteroatoms. The average molecular weight is 472 g/mol. The lowest BCUT2D eigenvalue weighted by Crippen LogP contribution is -2.52.